The van der Waals surface area contributed by atoms with Crippen LogP contribution in [0.4, 0.5) is 5.82 Å². The Balaban J connectivity index is 2.52. The fraction of sp³-hybridized carbons (Fsp3) is 0.333. The number of benzene rings is 1. The average molecular weight is 289 g/mol. The van der Waals surface area contributed by atoms with Crippen molar-refractivity contribution in [2.24, 2.45) is 0 Å². The van der Waals surface area contributed by atoms with E-state index < -0.39 is 0 Å². The van der Waals surface area contributed by atoms with Crippen LogP contribution in [0.1, 0.15) is 5.82 Å². The molecule has 6 heteroatoms. The molecule has 0 bridgehead atoms. The lowest BCUT2D eigenvalue weighted by Crippen LogP contribution is -2.03. The minimum atomic E-state index is 0.348. The van der Waals surface area contributed by atoms with Gasteiger partial charge in [-0.15, -0.1) is 0 Å². The van der Waals surface area contributed by atoms with Gasteiger partial charge in [-0.25, -0.2) is 9.97 Å². The summed E-state index contributed by atoms with van der Waals surface area (Å²) in [6, 6.07) is 7.47. The molecule has 1 heterocycles. The van der Waals surface area contributed by atoms with E-state index in [1.54, 1.807) is 21.3 Å². The number of nitrogens with one attached hydrogen (secondary N) is 1. The van der Waals surface area contributed by atoms with Crippen LogP contribution in [0.25, 0.3) is 11.3 Å². The van der Waals surface area contributed by atoms with E-state index in [0.29, 0.717) is 18.2 Å². The summed E-state index contributed by atoms with van der Waals surface area (Å²) in [6.45, 7) is 0.348. The summed E-state index contributed by atoms with van der Waals surface area (Å²) < 4.78 is 15.7. The van der Waals surface area contributed by atoms with Crippen molar-refractivity contribution in [3.05, 3.63) is 30.1 Å². The van der Waals surface area contributed by atoms with Crippen molar-refractivity contribution in [2.45, 2.75) is 6.61 Å². The van der Waals surface area contributed by atoms with Crippen LogP contribution >= 0.6 is 0 Å². The molecule has 21 heavy (non-hydrogen) atoms. The zero-order valence-electron chi connectivity index (χ0n) is 12.6. The van der Waals surface area contributed by atoms with E-state index in [2.05, 4.69) is 15.3 Å². The third-order valence-corrected chi connectivity index (χ3v) is 2.99. The number of methoxy groups -OCH3 is 3. The van der Waals surface area contributed by atoms with Crippen LogP contribution in [0, 0.1) is 0 Å². The van der Waals surface area contributed by atoms with Crippen molar-refractivity contribution < 1.29 is 14.2 Å². The maximum Gasteiger partial charge on any atom is 0.157 e. The molecule has 2 aromatic rings. The first-order valence-corrected chi connectivity index (χ1v) is 6.49. The first kappa shape index (κ1) is 15.1. The summed E-state index contributed by atoms with van der Waals surface area (Å²) in [5.74, 6) is 2.76. The summed E-state index contributed by atoms with van der Waals surface area (Å²) in [6.07, 6.45) is 0. The third kappa shape index (κ3) is 3.41. The van der Waals surface area contributed by atoms with Gasteiger partial charge in [-0.05, 0) is 12.1 Å². The molecule has 1 aromatic heterocycles. The van der Waals surface area contributed by atoms with Crippen LogP contribution in [-0.2, 0) is 11.3 Å². The molecule has 0 saturated carbocycles. The van der Waals surface area contributed by atoms with Crippen molar-refractivity contribution in [1.29, 1.82) is 0 Å². The quantitative estimate of drug-likeness (QED) is 0.880. The number of nitrogens with zero attached hydrogens (tertiary/aromatic N) is 2. The number of hydrogen-bond donors (Lipinski definition) is 1. The molecule has 0 unspecified atom stereocenters. The first-order chi connectivity index (χ1) is 10.2. The van der Waals surface area contributed by atoms with E-state index in [1.165, 1.54) is 0 Å². The van der Waals surface area contributed by atoms with Crippen LogP contribution in [0.3, 0.4) is 0 Å². The van der Waals surface area contributed by atoms with Gasteiger partial charge in [-0.1, -0.05) is 0 Å². The number of ether oxygens (including phenoxy) is 3. The third-order valence-electron chi connectivity index (χ3n) is 2.99. The molecule has 0 aliphatic heterocycles. The topological polar surface area (TPSA) is 65.5 Å². The molecule has 0 saturated heterocycles. The van der Waals surface area contributed by atoms with Crippen LogP contribution in [0.5, 0.6) is 11.5 Å². The van der Waals surface area contributed by atoms with Crippen molar-refractivity contribution >= 4 is 5.82 Å². The van der Waals surface area contributed by atoms with Crippen LogP contribution in [-0.4, -0.2) is 38.3 Å². The van der Waals surface area contributed by atoms with E-state index in [9.17, 15) is 0 Å². The van der Waals surface area contributed by atoms with Gasteiger partial charge in [0.15, 0.2) is 5.82 Å². The lowest BCUT2D eigenvalue weighted by molar-refractivity contribution is 0.178. The Hall–Kier alpha value is -2.34. The van der Waals surface area contributed by atoms with Crippen molar-refractivity contribution in [3.63, 3.8) is 0 Å². The summed E-state index contributed by atoms with van der Waals surface area (Å²) in [7, 11) is 6.67. The molecule has 112 valence electrons. The molecule has 0 atom stereocenters. The predicted octanol–water partition coefficient (Wildman–Crippen LogP) is 2.35. The fourth-order valence-corrected chi connectivity index (χ4v) is 1.97. The van der Waals surface area contributed by atoms with Gasteiger partial charge in [-0.3, -0.25) is 0 Å². The lowest BCUT2D eigenvalue weighted by Gasteiger charge is -2.12. The summed E-state index contributed by atoms with van der Waals surface area (Å²) in [4.78, 5) is 8.85. The molecular formula is C15H19N3O3. The zero-order valence-corrected chi connectivity index (χ0v) is 12.6. The smallest absolute Gasteiger partial charge is 0.157 e. The normalized spacial score (nSPS) is 10.3. The molecule has 0 amide bonds. The standard InChI is InChI=1S/C15H19N3O3/c1-16-14-8-12(17-15(18-14)9-19-2)11-6-5-10(20-3)7-13(11)21-4/h5-8H,9H2,1-4H3,(H,16,17,18). The predicted molar refractivity (Wildman–Crippen MR) is 80.8 cm³/mol. The second-order valence-corrected chi connectivity index (χ2v) is 4.30. The van der Waals surface area contributed by atoms with Gasteiger partial charge in [0.1, 0.15) is 23.9 Å². The highest BCUT2D eigenvalue weighted by atomic mass is 16.5. The average Bonchev–Trinajstić information content (AvgIpc) is 2.54. The highest BCUT2D eigenvalue weighted by Crippen LogP contribution is 2.33. The Morgan fingerprint density at radius 3 is 2.48 bits per heavy atom. The van der Waals surface area contributed by atoms with Gasteiger partial charge >= 0.3 is 0 Å². The van der Waals surface area contributed by atoms with Crippen molar-refractivity contribution in [1.82, 2.24) is 9.97 Å². The molecule has 2 rings (SSSR count). The van der Waals surface area contributed by atoms with E-state index in [1.807, 2.05) is 31.3 Å². The summed E-state index contributed by atoms with van der Waals surface area (Å²) in [5.41, 5.74) is 1.63. The Labute approximate surface area is 124 Å². The summed E-state index contributed by atoms with van der Waals surface area (Å²) >= 11 is 0. The SMILES string of the molecule is CNc1cc(-c2ccc(OC)cc2OC)nc(COC)n1. The fourth-order valence-electron chi connectivity index (χ4n) is 1.97. The van der Waals surface area contributed by atoms with Gasteiger partial charge < -0.3 is 19.5 Å². The van der Waals surface area contributed by atoms with E-state index in [-0.39, 0.29) is 0 Å². The molecule has 0 aliphatic rings. The van der Waals surface area contributed by atoms with Crippen molar-refractivity contribution in [3.8, 4) is 22.8 Å². The van der Waals surface area contributed by atoms with Crippen LogP contribution in [0.2, 0.25) is 0 Å². The maximum absolute atomic E-state index is 5.42. The van der Waals surface area contributed by atoms with E-state index in [0.717, 1.165) is 22.8 Å². The molecule has 6 nitrogen and oxygen atoms in total. The molecule has 0 aliphatic carbocycles. The highest BCUT2D eigenvalue weighted by Gasteiger charge is 2.12. The Bertz CT molecular complexity index is 617. The highest BCUT2D eigenvalue weighted by molar-refractivity contribution is 5.70. The summed E-state index contributed by atoms with van der Waals surface area (Å²) in [5, 5.41) is 3.02. The Kier molecular flexibility index (Phi) is 4.94. The van der Waals surface area contributed by atoms with Gasteiger partial charge in [0.2, 0.25) is 0 Å². The van der Waals surface area contributed by atoms with E-state index >= 15 is 0 Å². The monoisotopic (exact) mass is 289 g/mol. The molecule has 0 radical (unpaired) electrons. The van der Waals surface area contributed by atoms with Crippen LogP contribution in [0.15, 0.2) is 24.3 Å². The largest absolute Gasteiger partial charge is 0.497 e. The van der Waals surface area contributed by atoms with Crippen molar-refractivity contribution in [2.75, 3.05) is 33.7 Å². The number of rotatable bonds is 6. The molecule has 1 N–H and O–H groups in total. The number of aromatic nitrogens is 2. The van der Waals surface area contributed by atoms with E-state index in [4.69, 9.17) is 14.2 Å². The minimum Gasteiger partial charge on any atom is -0.497 e. The van der Waals surface area contributed by atoms with Gasteiger partial charge in [0.05, 0.1) is 19.9 Å². The number of hydrogen-bond acceptors (Lipinski definition) is 6. The molecule has 0 spiro atoms. The number of anilines is 1. The first-order valence-electron chi connectivity index (χ1n) is 6.49. The van der Waals surface area contributed by atoms with Gasteiger partial charge in [0, 0.05) is 31.9 Å². The molecular weight excluding hydrogens is 270 g/mol. The second-order valence-electron chi connectivity index (χ2n) is 4.30. The van der Waals surface area contributed by atoms with Crippen LogP contribution < -0.4 is 14.8 Å². The van der Waals surface area contributed by atoms with Gasteiger partial charge in [0.25, 0.3) is 0 Å². The maximum atomic E-state index is 5.42. The zero-order chi connectivity index (χ0) is 15.2. The van der Waals surface area contributed by atoms with Gasteiger partial charge in [-0.2, -0.15) is 0 Å². The second kappa shape index (κ2) is 6.90. The molecule has 1 aromatic carbocycles. The Morgan fingerprint density at radius 2 is 1.86 bits per heavy atom. The molecule has 0 fully saturated rings. The Morgan fingerprint density at radius 1 is 1.05 bits per heavy atom. The minimum absolute atomic E-state index is 0.348. The lowest BCUT2D eigenvalue weighted by atomic mass is 10.1.